The molecule has 1 heterocycles. The van der Waals surface area contributed by atoms with Gasteiger partial charge in [0.05, 0.1) is 11.1 Å². The summed E-state index contributed by atoms with van der Waals surface area (Å²) in [5.74, 6) is 0.423. The van der Waals surface area contributed by atoms with Crippen LogP contribution in [0.5, 0.6) is 0 Å². The number of nitrogens with two attached hydrogens (primary N) is 1. The average molecular weight is 146 g/mol. The van der Waals surface area contributed by atoms with Crippen molar-refractivity contribution >= 4 is 17.6 Å². The first-order chi connectivity index (χ1) is 4.20. The van der Waals surface area contributed by atoms with Crippen molar-refractivity contribution in [1.82, 2.24) is 5.32 Å². The van der Waals surface area contributed by atoms with Crippen LogP contribution in [0.25, 0.3) is 0 Å². The van der Waals surface area contributed by atoms with Gasteiger partial charge in [-0.3, -0.25) is 0 Å². The normalized spacial score (nSPS) is 26.2. The molecule has 0 aromatic rings. The molecular formula is C5H8ClN3. The second-order valence-electron chi connectivity index (χ2n) is 1.86. The minimum Gasteiger partial charge on any atom is -0.370 e. The van der Waals surface area contributed by atoms with Crippen LogP contribution >= 0.6 is 11.6 Å². The minimum absolute atomic E-state index is 0.00733. The van der Waals surface area contributed by atoms with Crippen LogP contribution in [-0.4, -0.2) is 12.0 Å². The molecule has 0 fully saturated rings. The molecule has 0 saturated heterocycles. The average Bonchev–Trinajstić information content (AvgIpc) is 1.80. The largest absolute Gasteiger partial charge is 0.370 e. The van der Waals surface area contributed by atoms with E-state index in [1.807, 2.05) is 6.92 Å². The molecule has 1 aliphatic rings. The van der Waals surface area contributed by atoms with E-state index >= 15 is 0 Å². The fourth-order valence-electron chi connectivity index (χ4n) is 0.571. The molecule has 3 nitrogen and oxygen atoms in total. The Balaban J connectivity index is 2.70. The van der Waals surface area contributed by atoms with Gasteiger partial charge in [0.15, 0.2) is 5.96 Å². The molecule has 0 aromatic carbocycles. The van der Waals surface area contributed by atoms with Gasteiger partial charge in [0, 0.05) is 6.20 Å². The Bertz CT molecular complexity index is 173. The van der Waals surface area contributed by atoms with E-state index in [2.05, 4.69) is 10.3 Å². The van der Waals surface area contributed by atoms with E-state index in [1.165, 1.54) is 0 Å². The molecule has 0 saturated carbocycles. The van der Waals surface area contributed by atoms with E-state index in [9.17, 15) is 0 Å². The zero-order valence-corrected chi connectivity index (χ0v) is 5.81. The Morgan fingerprint density at radius 3 is 3.00 bits per heavy atom. The van der Waals surface area contributed by atoms with Gasteiger partial charge >= 0.3 is 0 Å². The van der Waals surface area contributed by atoms with Crippen LogP contribution in [0.2, 0.25) is 0 Å². The van der Waals surface area contributed by atoms with Crippen molar-refractivity contribution in [3.8, 4) is 0 Å². The first kappa shape index (κ1) is 6.42. The van der Waals surface area contributed by atoms with Crippen LogP contribution in [0.4, 0.5) is 0 Å². The van der Waals surface area contributed by atoms with Gasteiger partial charge in [-0.2, -0.15) is 0 Å². The van der Waals surface area contributed by atoms with Gasteiger partial charge in [-0.1, -0.05) is 11.6 Å². The van der Waals surface area contributed by atoms with E-state index in [4.69, 9.17) is 17.3 Å². The summed E-state index contributed by atoms with van der Waals surface area (Å²) in [6, 6.07) is 0.00733. The third kappa shape index (κ3) is 1.36. The van der Waals surface area contributed by atoms with Gasteiger partial charge in [0.1, 0.15) is 0 Å². The lowest BCUT2D eigenvalue weighted by atomic mass is 10.3. The minimum atomic E-state index is 0.00733. The zero-order valence-electron chi connectivity index (χ0n) is 5.06. The molecule has 0 aliphatic carbocycles. The Hall–Kier alpha value is -0.700. The zero-order chi connectivity index (χ0) is 6.85. The summed E-state index contributed by atoms with van der Waals surface area (Å²) in [6.07, 6.45) is 1.65. The van der Waals surface area contributed by atoms with Crippen LogP contribution in [0.15, 0.2) is 16.2 Å². The van der Waals surface area contributed by atoms with Crippen molar-refractivity contribution in [2.75, 3.05) is 0 Å². The molecule has 0 radical (unpaired) electrons. The topological polar surface area (TPSA) is 50.4 Å². The molecule has 0 bridgehead atoms. The van der Waals surface area contributed by atoms with E-state index in [0.29, 0.717) is 11.0 Å². The molecule has 3 N–H and O–H groups in total. The van der Waals surface area contributed by atoms with Crippen molar-refractivity contribution in [3.05, 3.63) is 11.2 Å². The SMILES string of the molecule is CC1N=C(N)NC=C1Cl. The van der Waals surface area contributed by atoms with E-state index in [1.54, 1.807) is 6.20 Å². The predicted molar refractivity (Wildman–Crippen MR) is 38.2 cm³/mol. The molecule has 0 aromatic heterocycles. The molecule has 9 heavy (non-hydrogen) atoms. The molecule has 1 atom stereocenters. The maximum absolute atomic E-state index is 5.67. The number of nitrogens with zero attached hydrogens (tertiary/aromatic N) is 1. The highest BCUT2D eigenvalue weighted by molar-refractivity contribution is 6.30. The van der Waals surface area contributed by atoms with Crippen molar-refractivity contribution in [3.63, 3.8) is 0 Å². The molecule has 1 unspecified atom stereocenters. The summed E-state index contributed by atoms with van der Waals surface area (Å²) >= 11 is 5.67. The summed E-state index contributed by atoms with van der Waals surface area (Å²) in [5.41, 5.74) is 5.32. The number of halogens is 1. The van der Waals surface area contributed by atoms with Gasteiger partial charge < -0.3 is 11.1 Å². The summed E-state index contributed by atoms with van der Waals surface area (Å²) in [4.78, 5) is 3.95. The first-order valence-electron chi connectivity index (χ1n) is 2.65. The Labute approximate surface area is 58.6 Å². The number of guanidine groups is 1. The molecule has 1 aliphatic heterocycles. The Morgan fingerprint density at radius 2 is 2.56 bits per heavy atom. The fourth-order valence-corrected chi connectivity index (χ4v) is 0.674. The molecule has 0 amide bonds. The molecular weight excluding hydrogens is 138 g/mol. The van der Waals surface area contributed by atoms with E-state index in [-0.39, 0.29) is 6.04 Å². The summed E-state index contributed by atoms with van der Waals surface area (Å²) in [7, 11) is 0. The van der Waals surface area contributed by atoms with Gasteiger partial charge in [-0.25, -0.2) is 4.99 Å². The Morgan fingerprint density at radius 1 is 1.89 bits per heavy atom. The second-order valence-corrected chi connectivity index (χ2v) is 2.30. The predicted octanol–water partition coefficient (Wildman–Crippen LogP) is 0.373. The highest BCUT2D eigenvalue weighted by Crippen LogP contribution is 2.11. The standard InChI is InChI=1S/C5H8ClN3/c1-3-4(6)2-8-5(7)9-3/h2-3H,1H3,(H3,7,8,9). The van der Waals surface area contributed by atoms with Crippen LogP contribution in [0, 0.1) is 0 Å². The third-order valence-electron chi connectivity index (χ3n) is 1.09. The van der Waals surface area contributed by atoms with Crippen LogP contribution < -0.4 is 11.1 Å². The summed E-state index contributed by atoms with van der Waals surface area (Å²) in [6.45, 7) is 1.88. The molecule has 4 heteroatoms. The maximum Gasteiger partial charge on any atom is 0.193 e. The maximum atomic E-state index is 5.67. The molecule has 50 valence electrons. The number of hydrogen-bond acceptors (Lipinski definition) is 3. The summed E-state index contributed by atoms with van der Waals surface area (Å²) < 4.78 is 0. The number of nitrogens with one attached hydrogen (secondary N) is 1. The van der Waals surface area contributed by atoms with E-state index in [0.717, 1.165) is 0 Å². The van der Waals surface area contributed by atoms with Gasteiger partial charge in [-0.15, -0.1) is 0 Å². The van der Waals surface area contributed by atoms with Crippen LogP contribution in [0.1, 0.15) is 6.92 Å². The summed E-state index contributed by atoms with van der Waals surface area (Å²) in [5, 5.41) is 3.38. The fraction of sp³-hybridized carbons (Fsp3) is 0.400. The van der Waals surface area contributed by atoms with Crippen molar-refractivity contribution in [1.29, 1.82) is 0 Å². The smallest absolute Gasteiger partial charge is 0.193 e. The Kier molecular flexibility index (Phi) is 1.62. The highest BCUT2D eigenvalue weighted by Gasteiger charge is 2.08. The van der Waals surface area contributed by atoms with Crippen molar-refractivity contribution < 1.29 is 0 Å². The van der Waals surface area contributed by atoms with Crippen LogP contribution in [0.3, 0.4) is 0 Å². The van der Waals surface area contributed by atoms with Gasteiger partial charge in [-0.05, 0) is 6.92 Å². The molecule has 1 rings (SSSR count). The van der Waals surface area contributed by atoms with Crippen molar-refractivity contribution in [2.24, 2.45) is 10.7 Å². The van der Waals surface area contributed by atoms with Crippen LogP contribution in [-0.2, 0) is 0 Å². The second kappa shape index (κ2) is 2.27. The van der Waals surface area contributed by atoms with Gasteiger partial charge in [0.2, 0.25) is 0 Å². The number of rotatable bonds is 0. The lowest BCUT2D eigenvalue weighted by molar-refractivity contribution is 0.861. The lowest BCUT2D eigenvalue weighted by Gasteiger charge is -2.12. The van der Waals surface area contributed by atoms with Gasteiger partial charge in [0.25, 0.3) is 0 Å². The highest BCUT2D eigenvalue weighted by atomic mass is 35.5. The van der Waals surface area contributed by atoms with Crippen molar-refractivity contribution in [2.45, 2.75) is 13.0 Å². The third-order valence-corrected chi connectivity index (χ3v) is 1.51. The monoisotopic (exact) mass is 145 g/mol. The number of aliphatic imine (C=N–C) groups is 1. The lowest BCUT2D eigenvalue weighted by Crippen LogP contribution is -2.32. The number of hydrogen-bond donors (Lipinski definition) is 2. The van der Waals surface area contributed by atoms with E-state index < -0.39 is 0 Å². The molecule has 0 spiro atoms. The quantitative estimate of drug-likeness (QED) is 0.518. The first-order valence-corrected chi connectivity index (χ1v) is 3.03.